The first-order valence-electron chi connectivity index (χ1n) is 10.4. The molecule has 5 aliphatic rings. The highest BCUT2D eigenvalue weighted by Crippen LogP contribution is 2.63. The lowest BCUT2D eigenvalue weighted by Gasteiger charge is -2.52. The Morgan fingerprint density at radius 1 is 1.04 bits per heavy atom. The number of fused-ring (bicyclic) bond motifs is 4. The van der Waals surface area contributed by atoms with Gasteiger partial charge in [0, 0.05) is 24.7 Å². The highest BCUT2D eigenvalue weighted by atomic mass is 16.3. The summed E-state index contributed by atoms with van der Waals surface area (Å²) in [5.74, 6) is 2.61. The number of hydrogen-bond donors (Lipinski definition) is 1. The molecule has 3 nitrogen and oxygen atoms in total. The zero-order valence-electron chi connectivity index (χ0n) is 15.4. The predicted octanol–water partition coefficient (Wildman–Crippen LogP) is 3.98. The molecule has 0 aromatic carbocycles. The monoisotopic (exact) mass is 342 g/mol. The minimum atomic E-state index is -0.837. The smallest absolute Gasteiger partial charge is 0.139 e. The van der Waals surface area contributed by atoms with Crippen LogP contribution in [-0.2, 0) is 9.59 Å². The molecule has 0 aromatic rings. The van der Waals surface area contributed by atoms with Crippen LogP contribution in [0.25, 0.3) is 0 Å². The lowest BCUT2D eigenvalue weighted by Crippen LogP contribution is -2.48. The van der Waals surface area contributed by atoms with Gasteiger partial charge >= 0.3 is 0 Å². The lowest BCUT2D eigenvalue weighted by atomic mass is 9.54. The maximum absolute atomic E-state index is 12.9. The van der Waals surface area contributed by atoms with E-state index in [4.69, 9.17) is 0 Å². The molecule has 5 aliphatic carbocycles. The van der Waals surface area contributed by atoms with Crippen molar-refractivity contribution in [3.8, 4) is 0 Å². The van der Waals surface area contributed by atoms with E-state index in [2.05, 4.69) is 6.92 Å². The molecule has 4 fully saturated rings. The summed E-state index contributed by atoms with van der Waals surface area (Å²) in [5, 5.41) is 11.1. The molecular weight excluding hydrogens is 312 g/mol. The molecule has 1 N–H and O–H groups in total. The second-order valence-electron chi connectivity index (χ2n) is 9.81. The van der Waals surface area contributed by atoms with E-state index < -0.39 is 5.60 Å². The van der Waals surface area contributed by atoms with Crippen molar-refractivity contribution in [2.45, 2.75) is 83.2 Å². The maximum atomic E-state index is 12.9. The Morgan fingerprint density at radius 2 is 1.84 bits per heavy atom. The summed E-state index contributed by atoms with van der Waals surface area (Å²) >= 11 is 0. The minimum Gasteiger partial charge on any atom is -0.385 e. The fraction of sp³-hybridized carbons (Fsp3) is 0.818. The van der Waals surface area contributed by atoms with Gasteiger partial charge in [0.05, 0.1) is 5.60 Å². The van der Waals surface area contributed by atoms with Gasteiger partial charge < -0.3 is 5.11 Å². The third kappa shape index (κ3) is 2.27. The molecule has 0 aromatic heterocycles. The van der Waals surface area contributed by atoms with Gasteiger partial charge in [-0.25, -0.2) is 0 Å². The van der Waals surface area contributed by atoms with Gasteiger partial charge in [0.15, 0.2) is 0 Å². The highest BCUT2D eigenvalue weighted by Gasteiger charge is 2.58. The van der Waals surface area contributed by atoms with E-state index in [0.717, 1.165) is 51.4 Å². The van der Waals surface area contributed by atoms with E-state index in [1.54, 1.807) is 0 Å². The van der Waals surface area contributed by atoms with Crippen molar-refractivity contribution in [1.82, 2.24) is 0 Å². The molecule has 0 bridgehead atoms. The van der Waals surface area contributed by atoms with E-state index in [0.29, 0.717) is 36.4 Å². The molecular formula is C22H30O3. The number of aliphatic hydroxyl groups is 1. The largest absolute Gasteiger partial charge is 0.385 e. The topological polar surface area (TPSA) is 54.4 Å². The summed E-state index contributed by atoms with van der Waals surface area (Å²) in [4.78, 5) is 24.7. The highest BCUT2D eigenvalue weighted by molar-refractivity contribution is 5.86. The Kier molecular flexibility index (Phi) is 3.43. The summed E-state index contributed by atoms with van der Waals surface area (Å²) in [6.07, 6.45) is 10.1. The number of rotatable bonds is 2. The molecule has 25 heavy (non-hydrogen) atoms. The van der Waals surface area contributed by atoms with Crippen LogP contribution in [0.4, 0.5) is 0 Å². The number of carbonyl (C=O) groups is 2. The van der Waals surface area contributed by atoms with Gasteiger partial charge in [-0.3, -0.25) is 9.59 Å². The van der Waals surface area contributed by atoms with Crippen LogP contribution in [0, 0.1) is 29.1 Å². The molecule has 0 radical (unpaired) electrons. The van der Waals surface area contributed by atoms with Crippen LogP contribution >= 0.6 is 0 Å². The number of allylic oxidation sites excluding steroid dienone is 1. The van der Waals surface area contributed by atoms with Crippen molar-refractivity contribution in [1.29, 1.82) is 0 Å². The van der Waals surface area contributed by atoms with E-state index >= 15 is 0 Å². The summed E-state index contributed by atoms with van der Waals surface area (Å²) in [6.45, 7) is 2.39. The molecule has 0 spiro atoms. The van der Waals surface area contributed by atoms with Crippen LogP contribution in [0.2, 0.25) is 0 Å². The van der Waals surface area contributed by atoms with Crippen molar-refractivity contribution in [2.24, 2.45) is 29.1 Å². The van der Waals surface area contributed by atoms with Crippen LogP contribution in [0.15, 0.2) is 11.1 Å². The Bertz CT molecular complexity index is 673. The Hall–Kier alpha value is -0.960. The average Bonchev–Trinajstić information content (AvgIpc) is 3.35. The van der Waals surface area contributed by atoms with Gasteiger partial charge in [-0.05, 0) is 80.6 Å². The van der Waals surface area contributed by atoms with Crippen LogP contribution in [0.5, 0.6) is 0 Å². The van der Waals surface area contributed by atoms with Gasteiger partial charge in [-0.1, -0.05) is 12.5 Å². The summed E-state index contributed by atoms with van der Waals surface area (Å²) in [5.41, 5.74) is 2.05. The fourth-order valence-electron chi connectivity index (χ4n) is 7.10. The van der Waals surface area contributed by atoms with Gasteiger partial charge in [-0.15, -0.1) is 0 Å². The SMILES string of the molecule is C[C@]12CCC3=C4CCC(=O)CC4(O)CC[C@H]3[C@@H]1CCC2C(=O)C1CC1. The summed E-state index contributed by atoms with van der Waals surface area (Å²) < 4.78 is 0. The Balaban J connectivity index is 1.47. The molecule has 136 valence electrons. The van der Waals surface area contributed by atoms with Crippen LogP contribution in [0.1, 0.15) is 77.6 Å². The van der Waals surface area contributed by atoms with Gasteiger partial charge in [0.1, 0.15) is 11.6 Å². The number of carbonyl (C=O) groups excluding carboxylic acids is 2. The maximum Gasteiger partial charge on any atom is 0.139 e. The number of Topliss-reactive ketones (excluding diaryl/α,β-unsaturated/α-hetero) is 2. The second-order valence-corrected chi connectivity index (χ2v) is 9.81. The van der Waals surface area contributed by atoms with E-state index in [1.807, 2.05) is 0 Å². The Morgan fingerprint density at radius 3 is 2.60 bits per heavy atom. The fourth-order valence-corrected chi connectivity index (χ4v) is 7.10. The lowest BCUT2D eigenvalue weighted by molar-refractivity contribution is -0.130. The van der Waals surface area contributed by atoms with Crippen molar-refractivity contribution in [3.05, 3.63) is 11.1 Å². The normalized spacial score (nSPS) is 46.5. The zero-order valence-corrected chi connectivity index (χ0v) is 15.4. The molecule has 0 heterocycles. The van der Waals surface area contributed by atoms with Crippen molar-refractivity contribution < 1.29 is 14.7 Å². The van der Waals surface area contributed by atoms with E-state index in [1.165, 1.54) is 17.6 Å². The first-order chi connectivity index (χ1) is 11.9. The summed E-state index contributed by atoms with van der Waals surface area (Å²) in [6, 6.07) is 0. The summed E-state index contributed by atoms with van der Waals surface area (Å²) in [7, 11) is 0. The third-order valence-electron chi connectivity index (χ3n) is 8.56. The molecule has 5 rings (SSSR count). The van der Waals surface area contributed by atoms with Gasteiger partial charge in [-0.2, -0.15) is 0 Å². The first kappa shape index (κ1) is 16.2. The number of hydrogen-bond acceptors (Lipinski definition) is 3. The second kappa shape index (κ2) is 5.28. The third-order valence-corrected chi connectivity index (χ3v) is 8.56. The van der Waals surface area contributed by atoms with E-state index in [9.17, 15) is 14.7 Å². The van der Waals surface area contributed by atoms with Crippen molar-refractivity contribution in [2.75, 3.05) is 0 Å². The van der Waals surface area contributed by atoms with Crippen molar-refractivity contribution in [3.63, 3.8) is 0 Å². The van der Waals surface area contributed by atoms with Crippen LogP contribution in [-0.4, -0.2) is 22.3 Å². The molecule has 5 atom stereocenters. The van der Waals surface area contributed by atoms with E-state index in [-0.39, 0.29) is 17.1 Å². The molecule has 3 heteroatoms. The van der Waals surface area contributed by atoms with Gasteiger partial charge in [0.25, 0.3) is 0 Å². The quantitative estimate of drug-likeness (QED) is 0.772. The number of ketones is 2. The van der Waals surface area contributed by atoms with Crippen LogP contribution < -0.4 is 0 Å². The molecule has 4 saturated carbocycles. The molecule has 2 unspecified atom stereocenters. The van der Waals surface area contributed by atoms with Crippen molar-refractivity contribution >= 4 is 11.6 Å². The first-order valence-corrected chi connectivity index (χ1v) is 10.4. The average molecular weight is 342 g/mol. The minimum absolute atomic E-state index is 0.175. The predicted molar refractivity (Wildman–Crippen MR) is 94.8 cm³/mol. The Labute approximate surface area is 150 Å². The standard InChI is InChI=1S/C22H30O3/c1-21-10-8-16-15(9-11-22(25)12-14(23)4-5-18(16)22)17(21)6-7-19(21)20(24)13-2-3-13/h13,15,17,19,25H,2-12H2,1H3/t15-,17+,19?,21+,22?/m1/s1. The molecule has 0 saturated heterocycles. The zero-order chi connectivity index (χ0) is 17.4. The molecule has 0 amide bonds. The van der Waals surface area contributed by atoms with Gasteiger partial charge in [0.2, 0.25) is 0 Å². The van der Waals surface area contributed by atoms with Crippen LogP contribution in [0.3, 0.4) is 0 Å². The molecule has 0 aliphatic heterocycles.